The van der Waals surface area contributed by atoms with Crippen LogP contribution in [0.4, 0.5) is 0 Å². The Labute approximate surface area is 223 Å². The number of hydrogen-bond donors (Lipinski definition) is 0. The first-order valence-electron chi connectivity index (χ1n) is 14.0. The van der Waals surface area contributed by atoms with Gasteiger partial charge in [-0.15, -0.1) is 6.42 Å². The van der Waals surface area contributed by atoms with Gasteiger partial charge in [0.05, 0.1) is 0 Å². The predicted molar refractivity (Wildman–Crippen MR) is 157 cm³/mol. The number of terminal acetylenes is 1. The van der Waals surface area contributed by atoms with Crippen LogP contribution in [0.2, 0.25) is 0 Å². The van der Waals surface area contributed by atoms with E-state index in [2.05, 4.69) is 91.2 Å². The summed E-state index contributed by atoms with van der Waals surface area (Å²) in [6, 6.07) is 13.5. The average Bonchev–Trinajstić information content (AvgIpc) is 3.61. The third-order valence-electron chi connectivity index (χ3n) is 8.53. The third-order valence-corrected chi connectivity index (χ3v) is 8.53. The maximum Gasteiger partial charge on any atom is 0.0427 e. The van der Waals surface area contributed by atoms with Crippen LogP contribution in [-0.4, -0.2) is 4.98 Å². The van der Waals surface area contributed by atoms with Crippen molar-refractivity contribution in [3.8, 4) is 12.3 Å². The van der Waals surface area contributed by atoms with Gasteiger partial charge in [0.2, 0.25) is 0 Å². The van der Waals surface area contributed by atoms with Crippen molar-refractivity contribution in [2.24, 2.45) is 17.8 Å². The molecule has 0 saturated heterocycles. The van der Waals surface area contributed by atoms with Crippen molar-refractivity contribution in [1.29, 1.82) is 0 Å². The van der Waals surface area contributed by atoms with E-state index in [1.165, 1.54) is 59.2 Å². The van der Waals surface area contributed by atoms with Crippen molar-refractivity contribution in [3.63, 3.8) is 0 Å². The molecule has 1 heterocycles. The van der Waals surface area contributed by atoms with E-state index in [0.717, 1.165) is 31.2 Å². The second kappa shape index (κ2) is 11.8. The number of rotatable bonds is 9. The van der Waals surface area contributed by atoms with Gasteiger partial charge in [-0.2, -0.15) is 0 Å². The summed E-state index contributed by atoms with van der Waals surface area (Å²) in [6.07, 6.45) is 30.4. The molecule has 1 nitrogen and oxygen atoms in total. The molecule has 0 N–H and O–H groups in total. The van der Waals surface area contributed by atoms with Crippen LogP contribution < -0.4 is 0 Å². The molecule has 2 aromatic rings. The topological polar surface area (TPSA) is 12.9 Å². The zero-order chi connectivity index (χ0) is 25.6. The maximum absolute atomic E-state index is 5.49. The molecule has 3 aliphatic carbocycles. The molecule has 37 heavy (non-hydrogen) atoms. The Morgan fingerprint density at radius 3 is 2.54 bits per heavy atom. The molecule has 2 atom stereocenters. The summed E-state index contributed by atoms with van der Waals surface area (Å²) in [5.74, 6) is 5.00. The van der Waals surface area contributed by atoms with Gasteiger partial charge in [-0.05, 0) is 98.0 Å². The van der Waals surface area contributed by atoms with Crippen molar-refractivity contribution >= 4 is 5.57 Å². The van der Waals surface area contributed by atoms with Gasteiger partial charge in [0, 0.05) is 23.4 Å². The largest absolute Gasteiger partial charge is 0.260 e. The minimum Gasteiger partial charge on any atom is -0.260 e. The second-order valence-electron chi connectivity index (χ2n) is 11.2. The molecular weight excluding hydrogens is 446 g/mol. The van der Waals surface area contributed by atoms with E-state index in [-0.39, 0.29) is 0 Å². The highest BCUT2D eigenvalue weighted by molar-refractivity contribution is 5.76. The number of benzene rings is 1. The fourth-order valence-electron chi connectivity index (χ4n) is 6.37. The Kier molecular flexibility index (Phi) is 8.05. The summed E-state index contributed by atoms with van der Waals surface area (Å²) in [4.78, 5) is 4.60. The molecule has 1 saturated carbocycles. The Morgan fingerprint density at radius 2 is 1.92 bits per heavy atom. The Hall–Kier alpha value is -3.37. The lowest BCUT2D eigenvalue weighted by Gasteiger charge is -2.35. The molecule has 2 unspecified atom stereocenters. The molecule has 0 radical (unpaired) electrons. The Bertz CT molecular complexity index is 1250. The fraction of sp³-hybridized carbons (Fsp3) is 0.361. The van der Waals surface area contributed by atoms with Gasteiger partial charge in [-0.3, -0.25) is 4.98 Å². The highest BCUT2D eigenvalue weighted by atomic mass is 14.7. The van der Waals surface area contributed by atoms with E-state index in [1.54, 1.807) is 0 Å². The second-order valence-corrected chi connectivity index (χ2v) is 11.2. The molecule has 5 rings (SSSR count). The molecular formula is C36H39N. The third kappa shape index (κ3) is 6.31. The van der Waals surface area contributed by atoms with Crippen LogP contribution in [0.3, 0.4) is 0 Å². The molecule has 1 fully saturated rings. The quantitative estimate of drug-likeness (QED) is 0.255. The van der Waals surface area contributed by atoms with Gasteiger partial charge in [-0.25, -0.2) is 0 Å². The van der Waals surface area contributed by atoms with Gasteiger partial charge in [-0.1, -0.05) is 91.3 Å². The summed E-state index contributed by atoms with van der Waals surface area (Å²) in [5.41, 5.74) is 9.08. The lowest BCUT2D eigenvalue weighted by Crippen LogP contribution is -2.23. The number of nitrogens with zero attached hydrogens (tertiary/aromatic N) is 1. The van der Waals surface area contributed by atoms with Crippen LogP contribution in [0.1, 0.15) is 80.2 Å². The van der Waals surface area contributed by atoms with Crippen molar-refractivity contribution < 1.29 is 0 Å². The van der Waals surface area contributed by atoms with Crippen LogP contribution in [0, 0.1) is 30.1 Å². The zero-order valence-electron chi connectivity index (χ0n) is 22.2. The minimum atomic E-state index is 0.435. The number of allylic oxidation sites excluding steroid dienone is 9. The lowest BCUT2D eigenvalue weighted by molar-refractivity contribution is 0.251. The SMILES string of the molecule is C#Cc1ccc(CC2CCC(C(C(=C)CCC3=CC=CC3)c3ccc(C4=CC(C)C=C4)cc3)CC2)nc1. The first-order valence-corrected chi connectivity index (χ1v) is 14.0. The lowest BCUT2D eigenvalue weighted by atomic mass is 9.69. The van der Waals surface area contributed by atoms with Gasteiger partial charge < -0.3 is 0 Å². The zero-order valence-corrected chi connectivity index (χ0v) is 22.2. The van der Waals surface area contributed by atoms with Crippen LogP contribution >= 0.6 is 0 Å². The molecule has 0 bridgehead atoms. The van der Waals surface area contributed by atoms with E-state index in [9.17, 15) is 0 Å². The highest BCUT2D eigenvalue weighted by Crippen LogP contribution is 2.44. The van der Waals surface area contributed by atoms with Crippen LogP contribution in [-0.2, 0) is 6.42 Å². The van der Waals surface area contributed by atoms with Crippen LogP contribution in [0.5, 0.6) is 0 Å². The summed E-state index contributed by atoms with van der Waals surface area (Å²) in [6.45, 7) is 6.93. The van der Waals surface area contributed by atoms with Gasteiger partial charge in [0.25, 0.3) is 0 Å². The van der Waals surface area contributed by atoms with E-state index in [4.69, 9.17) is 6.42 Å². The van der Waals surface area contributed by atoms with Crippen molar-refractivity contribution in [3.05, 3.63) is 119 Å². The Balaban J connectivity index is 1.27. The molecule has 3 aliphatic rings. The summed E-state index contributed by atoms with van der Waals surface area (Å²) >= 11 is 0. The molecule has 0 spiro atoms. The van der Waals surface area contributed by atoms with Gasteiger partial charge in [0.15, 0.2) is 0 Å². The molecule has 1 aromatic heterocycles. The van der Waals surface area contributed by atoms with Gasteiger partial charge >= 0.3 is 0 Å². The standard InChI is InChI=1S/C36H39N/c1-4-28-14-22-35(37-25-28)24-30-12-16-32(17-13-30)36(27(3)10-11-29-7-5-6-8-29)33-20-18-31(19-21-33)34-15-9-26(2)23-34/h1,5-7,9,14-15,18-23,25-26,30,32,36H,3,8,10-13,16-17,24H2,2H3. The Morgan fingerprint density at radius 1 is 1.11 bits per heavy atom. The summed E-state index contributed by atoms with van der Waals surface area (Å²) in [5, 5.41) is 0. The highest BCUT2D eigenvalue weighted by Gasteiger charge is 2.30. The molecule has 0 aliphatic heterocycles. The minimum absolute atomic E-state index is 0.435. The monoisotopic (exact) mass is 485 g/mol. The predicted octanol–water partition coefficient (Wildman–Crippen LogP) is 9.01. The smallest absolute Gasteiger partial charge is 0.0427 e. The average molecular weight is 486 g/mol. The number of hydrogen-bond acceptors (Lipinski definition) is 1. The number of aromatic nitrogens is 1. The van der Waals surface area contributed by atoms with Gasteiger partial charge in [0.1, 0.15) is 0 Å². The van der Waals surface area contributed by atoms with E-state index in [0.29, 0.717) is 23.7 Å². The van der Waals surface area contributed by atoms with Crippen molar-refractivity contribution in [1.82, 2.24) is 4.98 Å². The molecule has 0 amide bonds. The van der Waals surface area contributed by atoms with E-state index in [1.807, 2.05) is 12.3 Å². The summed E-state index contributed by atoms with van der Waals surface area (Å²) in [7, 11) is 0. The first-order chi connectivity index (χ1) is 18.1. The normalized spacial score (nSPS) is 23.4. The maximum atomic E-state index is 5.49. The fourth-order valence-corrected chi connectivity index (χ4v) is 6.37. The van der Waals surface area contributed by atoms with Crippen LogP contribution in [0.15, 0.2) is 96.8 Å². The molecule has 1 heteroatoms. The van der Waals surface area contributed by atoms with Crippen molar-refractivity contribution in [2.45, 2.75) is 64.2 Å². The first kappa shape index (κ1) is 25.3. The summed E-state index contributed by atoms with van der Waals surface area (Å²) < 4.78 is 0. The van der Waals surface area contributed by atoms with E-state index < -0.39 is 0 Å². The van der Waals surface area contributed by atoms with Crippen LogP contribution in [0.25, 0.3) is 5.57 Å². The molecule has 1 aromatic carbocycles. The van der Waals surface area contributed by atoms with E-state index >= 15 is 0 Å². The molecule has 188 valence electrons. The number of pyridine rings is 1. The van der Waals surface area contributed by atoms with Crippen molar-refractivity contribution in [2.75, 3.05) is 0 Å².